The highest BCUT2D eigenvalue weighted by molar-refractivity contribution is 9.11. The number of thioether (sulfide) groups is 1. The lowest BCUT2D eigenvalue weighted by atomic mass is 10.2. The molecule has 2 aromatic rings. The fraction of sp³-hybridized carbons (Fsp3) is 0.353. The third kappa shape index (κ3) is 6.37. The normalized spacial score (nSPS) is 10.5. The number of hydrogen-bond donors (Lipinski definition) is 1. The van der Waals surface area contributed by atoms with E-state index in [9.17, 15) is 4.79 Å². The van der Waals surface area contributed by atoms with E-state index in [4.69, 9.17) is 9.47 Å². The Bertz CT molecular complexity index is 676. The van der Waals surface area contributed by atoms with Crippen LogP contribution in [0.5, 0.6) is 11.5 Å². The molecule has 0 aliphatic heterocycles. The van der Waals surface area contributed by atoms with Gasteiger partial charge in [0.2, 0.25) is 0 Å². The zero-order chi connectivity index (χ0) is 17.4. The summed E-state index contributed by atoms with van der Waals surface area (Å²) in [4.78, 5) is 13.2. The van der Waals surface area contributed by atoms with Gasteiger partial charge >= 0.3 is 0 Å². The van der Waals surface area contributed by atoms with E-state index in [0.29, 0.717) is 18.0 Å². The lowest BCUT2D eigenvalue weighted by molar-refractivity contribution is -0.122. The van der Waals surface area contributed by atoms with Crippen LogP contribution in [-0.2, 0) is 10.5 Å². The van der Waals surface area contributed by atoms with E-state index in [1.807, 2.05) is 25.1 Å². The van der Waals surface area contributed by atoms with Crippen LogP contribution in [0.3, 0.4) is 0 Å². The fourth-order valence-corrected chi connectivity index (χ4v) is 4.41. The van der Waals surface area contributed by atoms with Crippen LogP contribution in [-0.4, -0.2) is 31.9 Å². The second kappa shape index (κ2) is 9.96. The molecule has 0 radical (unpaired) electrons. The van der Waals surface area contributed by atoms with Gasteiger partial charge in [0.05, 0.1) is 10.9 Å². The van der Waals surface area contributed by atoms with E-state index < -0.39 is 0 Å². The average Bonchev–Trinajstić information content (AvgIpc) is 2.98. The molecule has 24 heavy (non-hydrogen) atoms. The fourth-order valence-electron chi connectivity index (χ4n) is 1.95. The predicted octanol–water partition coefficient (Wildman–Crippen LogP) is 4.26. The van der Waals surface area contributed by atoms with Gasteiger partial charge in [0.15, 0.2) is 18.1 Å². The molecule has 1 amide bonds. The molecule has 0 unspecified atom stereocenters. The van der Waals surface area contributed by atoms with Gasteiger partial charge in [-0.25, -0.2) is 0 Å². The van der Waals surface area contributed by atoms with E-state index in [-0.39, 0.29) is 12.5 Å². The first kappa shape index (κ1) is 19.1. The number of halogens is 1. The number of carbonyl (C=O) groups excluding carboxylic acids is 1. The SMILES string of the molecule is COc1cc(C)ccc1OCC(=O)NCCSCc1ccc(Br)s1. The number of thiophene rings is 1. The number of aryl methyl sites for hydroxylation is 1. The van der Waals surface area contributed by atoms with Gasteiger partial charge in [-0.3, -0.25) is 4.79 Å². The Labute approximate surface area is 159 Å². The van der Waals surface area contributed by atoms with Gasteiger partial charge in [0.1, 0.15) is 0 Å². The zero-order valence-electron chi connectivity index (χ0n) is 13.6. The topological polar surface area (TPSA) is 47.6 Å². The molecule has 0 fully saturated rings. The minimum Gasteiger partial charge on any atom is -0.493 e. The quantitative estimate of drug-likeness (QED) is 0.604. The number of benzene rings is 1. The van der Waals surface area contributed by atoms with E-state index in [2.05, 4.69) is 33.4 Å². The van der Waals surface area contributed by atoms with Crippen LogP contribution in [0.1, 0.15) is 10.4 Å². The number of amides is 1. The standard InChI is InChI=1S/C17H20BrNO3S2/c1-12-3-5-14(15(9-12)21-2)22-10-17(20)19-7-8-23-11-13-4-6-16(18)24-13/h3-6,9H,7-8,10-11H2,1-2H3,(H,19,20). The predicted molar refractivity (Wildman–Crippen MR) is 104 cm³/mol. The smallest absolute Gasteiger partial charge is 0.257 e. The van der Waals surface area contributed by atoms with Gasteiger partial charge in [0.25, 0.3) is 5.91 Å². The van der Waals surface area contributed by atoms with E-state index in [1.165, 1.54) is 4.88 Å². The molecule has 1 aromatic carbocycles. The number of nitrogens with one attached hydrogen (secondary N) is 1. The Morgan fingerprint density at radius 2 is 2.12 bits per heavy atom. The van der Waals surface area contributed by atoms with Crippen LogP contribution in [0, 0.1) is 6.92 Å². The number of carbonyl (C=O) groups is 1. The molecule has 0 spiro atoms. The van der Waals surface area contributed by atoms with Gasteiger partial charge < -0.3 is 14.8 Å². The van der Waals surface area contributed by atoms with E-state index in [0.717, 1.165) is 20.9 Å². The van der Waals surface area contributed by atoms with Crippen molar-refractivity contribution in [2.24, 2.45) is 0 Å². The molecule has 130 valence electrons. The van der Waals surface area contributed by atoms with Gasteiger partial charge in [-0.2, -0.15) is 11.8 Å². The van der Waals surface area contributed by atoms with Gasteiger partial charge in [-0.15, -0.1) is 11.3 Å². The molecular weight excluding hydrogens is 410 g/mol. The molecule has 0 aliphatic rings. The Morgan fingerprint density at radius 3 is 2.83 bits per heavy atom. The van der Waals surface area contributed by atoms with E-state index in [1.54, 1.807) is 30.2 Å². The lowest BCUT2D eigenvalue weighted by Gasteiger charge is -2.11. The third-order valence-corrected chi connectivity index (χ3v) is 5.93. The second-order valence-corrected chi connectivity index (χ2v) is 8.70. The molecule has 7 heteroatoms. The minimum atomic E-state index is -0.128. The van der Waals surface area contributed by atoms with Crippen LogP contribution in [0.25, 0.3) is 0 Å². The molecular formula is C17H20BrNO3S2. The molecule has 4 nitrogen and oxygen atoms in total. The van der Waals surface area contributed by atoms with Crippen molar-refractivity contribution in [1.82, 2.24) is 5.32 Å². The highest BCUT2D eigenvalue weighted by Gasteiger charge is 2.07. The van der Waals surface area contributed by atoms with Crippen molar-refractivity contribution in [2.75, 3.05) is 26.0 Å². The van der Waals surface area contributed by atoms with Crippen molar-refractivity contribution in [3.8, 4) is 11.5 Å². The lowest BCUT2D eigenvalue weighted by Crippen LogP contribution is -2.30. The maximum Gasteiger partial charge on any atom is 0.257 e. The highest BCUT2D eigenvalue weighted by Crippen LogP contribution is 2.27. The van der Waals surface area contributed by atoms with Crippen LogP contribution < -0.4 is 14.8 Å². The molecule has 1 N–H and O–H groups in total. The summed E-state index contributed by atoms with van der Waals surface area (Å²) in [6.07, 6.45) is 0. The summed E-state index contributed by atoms with van der Waals surface area (Å²) in [6, 6.07) is 9.79. The van der Waals surface area contributed by atoms with Crippen molar-refractivity contribution in [2.45, 2.75) is 12.7 Å². The Morgan fingerprint density at radius 1 is 1.29 bits per heavy atom. The summed E-state index contributed by atoms with van der Waals surface area (Å²) < 4.78 is 11.9. The molecule has 0 saturated heterocycles. The van der Waals surface area contributed by atoms with Crippen LogP contribution in [0.4, 0.5) is 0 Å². The molecule has 1 heterocycles. The Kier molecular flexibility index (Phi) is 7.94. The molecule has 1 aromatic heterocycles. The van der Waals surface area contributed by atoms with Gasteiger partial charge in [-0.05, 0) is 52.7 Å². The van der Waals surface area contributed by atoms with Crippen molar-refractivity contribution in [3.05, 3.63) is 44.6 Å². The zero-order valence-corrected chi connectivity index (χ0v) is 16.9. The average molecular weight is 430 g/mol. The van der Waals surface area contributed by atoms with E-state index >= 15 is 0 Å². The summed E-state index contributed by atoms with van der Waals surface area (Å²) in [5.74, 6) is 2.92. The summed E-state index contributed by atoms with van der Waals surface area (Å²) in [5, 5.41) is 2.86. The maximum absolute atomic E-state index is 11.8. The second-order valence-electron chi connectivity index (χ2n) is 5.05. The summed E-state index contributed by atoms with van der Waals surface area (Å²) in [5.41, 5.74) is 1.08. The number of ether oxygens (including phenoxy) is 2. The third-order valence-electron chi connectivity index (χ3n) is 3.12. The number of methoxy groups -OCH3 is 1. The highest BCUT2D eigenvalue weighted by atomic mass is 79.9. The van der Waals surface area contributed by atoms with Crippen LogP contribution >= 0.6 is 39.0 Å². The maximum atomic E-state index is 11.8. The first-order valence-electron chi connectivity index (χ1n) is 7.44. The number of hydrogen-bond acceptors (Lipinski definition) is 5. The van der Waals surface area contributed by atoms with Crippen molar-refractivity contribution in [3.63, 3.8) is 0 Å². The Hall–Kier alpha value is -1.18. The van der Waals surface area contributed by atoms with Crippen LogP contribution in [0.2, 0.25) is 0 Å². The molecule has 0 bridgehead atoms. The summed E-state index contributed by atoms with van der Waals surface area (Å²) in [7, 11) is 1.59. The minimum absolute atomic E-state index is 0.0119. The van der Waals surface area contributed by atoms with Crippen LogP contribution in [0.15, 0.2) is 34.1 Å². The largest absolute Gasteiger partial charge is 0.493 e. The van der Waals surface area contributed by atoms with Crippen molar-refractivity contribution in [1.29, 1.82) is 0 Å². The molecule has 0 saturated carbocycles. The van der Waals surface area contributed by atoms with Gasteiger partial charge in [0, 0.05) is 22.9 Å². The summed E-state index contributed by atoms with van der Waals surface area (Å²) >= 11 is 6.99. The first-order chi connectivity index (χ1) is 11.6. The molecule has 0 aliphatic carbocycles. The first-order valence-corrected chi connectivity index (χ1v) is 10.2. The number of rotatable bonds is 9. The van der Waals surface area contributed by atoms with Crippen molar-refractivity contribution < 1.29 is 14.3 Å². The van der Waals surface area contributed by atoms with Gasteiger partial charge in [-0.1, -0.05) is 6.07 Å². The summed E-state index contributed by atoms with van der Waals surface area (Å²) in [6.45, 7) is 2.60. The molecule has 2 rings (SSSR count). The molecule has 0 atom stereocenters. The Balaban J connectivity index is 1.63. The van der Waals surface area contributed by atoms with Crippen molar-refractivity contribution >= 4 is 44.9 Å². The monoisotopic (exact) mass is 429 g/mol.